The summed E-state index contributed by atoms with van der Waals surface area (Å²) in [6.45, 7) is 5.76. The Morgan fingerprint density at radius 2 is 1.76 bits per heavy atom. The van der Waals surface area contributed by atoms with E-state index in [1.54, 1.807) is 43.6 Å². The summed E-state index contributed by atoms with van der Waals surface area (Å²) in [6.07, 6.45) is 2.44. The SMILES string of the molecule is COc1cc2c(Oc3ccc(NS(=O)(=O)c4ccccc4Cl)cc3F)ccnc2cc1OCCCN1CCN(C)CC1. The Balaban J connectivity index is 1.28. The Bertz CT molecular complexity index is 1670. The maximum Gasteiger partial charge on any atom is 0.263 e. The van der Waals surface area contributed by atoms with Gasteiger partial charge in [0.25, 0.3) is 10.0 Å². The first-order chi connectivity index (χ1) is 20.2. The molecule has 0 spiro atoms. The lowest BCUT2D eigenvalue weighted by Gasteiger charge is -2.32. The van der Waals surface area contributed by atoms with Gasteiger partial charge in [-0.2, -0.15) is 0 Å². The second kappa shape index (κ2) is 13.1. The number of nitrogens with zero attached hydrogens (tertiary/aromatic N) is 3. The Labute approximate surface area is 249 Å². The molecule has 222 valence electrons. The van der Waals surface area contributed by atoms with Crippen molar-refractivity contribution in [2.75, 3.05) is 58.2 Å². The van der Waals surface area contributed by atoms with Crippen molar-refractivity contribution >= 4 is 38.2 Å². The first-order valence-corrected chi connectivity index (χ1v) is 15.3. The van der Waals surface area contributed by atoms with Gasteiger partial charge in [0.05, 0.1) is 29.9 Å². The van der Waals surface area contributed by atoms with Gasteiger partial charge in [0, 0.05) is 56.4 Å². The molecule has 0 bridgehead atoms. The molecule has 0 saturated carbocycles. The van der Waals surface area contributed by atoms with E-state index in [9.17, 15) is 8.42 Å². The summed E-state index contributed by atoms with van der Waals surface area (Å²) in [5.74, 6) is 0.570. The molecule has 42 heavy (non-hydrogen) atoms. The predicted octanol–water partition coefficient (Wildman–Crippen LogP) is 5.65. The van der Waals surface area contributed by atoms with Gasteiger partial charge < -0.3 is 24.0 Å². The van der Waals surface area contributed by atoms with Crippen LogP contribution in [0.2, 0.25) is 5.02 Å². The summed E-state index contributed by atoms with van der Waals surface area (Å²) in [4.78, 5) is 9.09. The summed E-state index contributed by atoms with van der Waals surface area (Å²) in [5, 5.41) is 0.659. The monoisotopic (exact) mass is 614 g/mol. The second-order valence-electron chi connectivity index (χ2n) is 9.96. The topological polar surface area (TPSA) is 93.2 Å². The molecule has 0 aliphatic carbocycles. The van der Waals surface area contributed by atoms with Crippen LogP contribution in [0.5, 0.6) is 23.0 Å². The first-order valence-electron chi connectivity index (χ1n) is 13.5. The zero-order valence-electron chi connectivity index (χ0n) is 23.3. The third-order valence-corrected chi connectivity index (χ3v) is 8.87. The van der Waals surface area contributed by atoms with E-state index in [2.05, 4.69) is 26.6 Å². The molecule has 3 aromatic carbocycles. The fraction of sp³-hybridized carbons (Fsp3) is 0.300. The van der Waals surface area contributed by atoms with Crippen molar-refractivity contribution in [3.63, 3.8) is 0 Å². The standard InChI is InChI=1S/C30H32ClFN4O5S/c1-35-13-15-36(16-14-35)12-5-17-40-29-20-25-22(19-28(29)39-2)26(10-11-33-25)41-27-9-8-21(18-24(27)32)34-42(37,38)30-7-4-3-6-23(30)31/h3-4,6-11,18-20,34H,5,12-17H2,1-2H3. The Morgan fingerprint density at radius 3 is 2.50 bits per heavy atom. The molecule has 1 aromatic heterocycles. The van der Waals surface area contributed by atoms with Crippen molar-refractivity contribution in [2.45, 2.75) is 11.3 Å². The van der Waals surface area contributed by atoms with Gasteiger partial charge in [0.15, 0.2) is 23.1 Å². The number of halogens is 2. The van der Waals surface area contributed by atoms with Crippen LogP contribution < -0.4 is 18.9 Å². The highest BCUT2D eigenvalue weighted by Gasteiger charge is 2.19. The number of hydrogen-bond donors (Lipinski definition) is 1. The largest absolute Gasteiger partial charge is 0.493 e. The minimum absolute atomic E-state index is 0.0236. The number of benzene rings is 3. The van der Waals surface area contributed by atoms with Gasteiger partial charge in [0.1, 0.15) is 10.6 Å². The Kier molecular flexibility index (Phi) is 9.32. The van der Waals surface area contributed by atoms with Crippen molar-refractivity contribution in [2.24, 2.45) is 0 Å². The number of rotatable bonds is 11. The summed E-state index contributed by atoms with van der Waals surface area (Å²) in [7, 11) is -0.325. The number of sulfonamides is 1. The van der Waals surface area contributed by atoms with Crippen LogP contribution >= 0.6 is 11.6 Å². The maximum absolute atomic E-state index is 15.1. The Morgan fingerprint density at radius 1 is 0.976 bits per heavy atom. The van der Waals surface area contributed by atoms with E-state index in [4.69, 9.17) is 25.8 Å². The number of fused-ring (bicyclic) bond motifs is 1. The zero-order chi connectivity index (χ0) is 29.7. The van der Waals surface area contributed by atoms with Crippen molar-refractivity contribution in [1.29, 1.82) is 0 Å². The lowest BCUT2D eigenvalue weighted by Crippen LogP contribution is -2.44. The highest BCUT2D eigenvalue weighted by atomic mass is 35.5. The van der Waals surface area contributed by atoms with Gasteiger partial charge >= 0.3 is 0 Å². The lowest BCUT2D eigenvalue weighted by atomic mass is 10.1. The van der Waals surface area contributed by atoms with E-state index in [1.807, 2.05) is 0 Å². The minimum Gasteiger partial charge on any atom is -0.493 e. The van der Waals surface area contributed by atoms with E-state index in [0.29, 0.717) is 34.8 Å². The molecule has 4 aromatic rings. The quantitative estimate of drug-likeness (QED) is 0.217. The number of hydrogen-bond acceptors (Lipinski definition) is 8. The van der Waals surface area contributed by atoms with Crippen molar-refractivity contribution < 1.29 is 27.0 Å². The molecule has 5 rings (SSSR count). The average molecular weight is 615 g/mol. The van der Waals surface area contributed by atoms with E-state index < -0.39 is 15.8 Å². The molecule has 0 unspecified atom stereocenters. The van der Waals surface area contributed by atoms with Gasteiger partial charge in [-0.3, -0.25) is 9.71 Å². The third-order valence-electron chi connectivity index (χ3n) is 6.99. The number of ether oxygens (including phenoxy) is 3. The fourth-order valence-corrected chi connectivity index (χ4v) is 6.24. The molecule has 12 heteroatoms. The summed E-state index contributed by atoms with van der Waals surface area (Å²) in [5.41, 5.74) is 0.613. The zero-order valence-corrected chi connectivity index (χ0v) is 24.9. The van der Waals surface area contributed by atoms with Gasteiger partial charge in [-0.25, -0.2) is 12.8 Å². The second-order valence-corrected chi connectivity index (χ2v) is 12.0. The van der Waals surface area contributed by atoms with E-state index in [0.717, 1.165) is 45.2 Å². The number of nitrogens with one attached hydrogen (secondary N) is 1. The molecule has 1 aliphatic heterocycles. The molecule has 2 heterocycles. The number of piperazine rings is 1. The number of likely N-dealkylation sites (N-methyl/N-ethyl adjacent to an activating group) is 1. The van der Waals surface area contributed by atoms with Crippen LogP contribution in [0.4, 0.5) is 10.1 Å². The number of anilines is 1. The van der Waals surface area contributed by atoms with E-state index >= 15 is 4.39 Å². The number of aromatic nitrogens is 1. The van der Waals surface area contributed by atoms with Gasteiger partial charge in [-0.15, -0.1) is 0 Å². The van der Waals surface area contributed by atoms with Crippen molar-refractivity contribution in [1.82, 2.24) is 14.8 Å². The minimum atomic E-state index is -4.02. The van der Waals surface area contributed by atoms with Crippen LogP contribution in [-0.4, -0.2) is 76.7 Å². The number of pyridine rings is 1. The van der Waals surface area contributed by atoms with Gasteiger partial charge in [-0.1, -0.05) is 23.7 Å². The van der Waals surface area contributed by atoms with Crippen LogP contribution in [0, 0.1) is 5.82 Å². The van der Waals surface area contributed by atoms with E-state index in [-0.39, 0.29) is 21.4 Å². The highest BCUT2D eigenvalue weighted by Crippen LogP contribution is 2.38. The lowest BCUT2D eigenvalue weighted by molar-refractivity contribution is 0.145. The number of methoxy groups -OCH3 is 1. The molecule has 0 radical (unpaired) electrons. The van der Waals surface area contributed by atoms with Crippen LogP contribution in [0.1, 0.15) is 6.42 Å². The normalized spacial score (nSPS) is 14.6. The molecule has 1 fully saturated rings. The maximum atomic E-state index is 15.1. The summed E-state index contributed by atoms with van der Waals surface area (Å²) < 4.78 is 60.4. The van der Waals surface area contributed by atoms with Crippen LogP contribution in [0.25, 0.3) is 10.9 Å². The first kappa shape index (κ1) is 29.8. The summed E-state index contributed by atoms with van der Waals surface area (Å²) in [6, 6.07) is 14.9. The van der Waals surface area contributed by atoms with Crippen molar-refractivity contribution in [3.8, 4) is 23.0 Å². The average Bonchev–Trinajstić information content (AvgIpc) is 2.97. The smallest absolute Gasteiger partial charge is 0.263 e. The van der Waals surface area contributed by atoms with E-state index in [1.165, 1.54) is 24.3 Å². The van der Waals surface area contributed by atoms with Gasteiger partial charge in [-0.05, 0) is 49.9 Å². The van der Waals surface area contributed by atoms with Gasteiger partial charge in [0.2, 0.25) is 0 Å². The van der Waals surface area contributed by atoms with Crippen LogP contribution in [0.3, 0.4) is 0 Å². The van der Waals surface area contributed by atoms with Crippen molar-refractivity contribution in [3.05, 3.63) is 77.7 Å². The van der Waals surface area contributed by atoms with Crippen LogP contribution in [-0.2, 0) is 10.0 Å². The highest BCUT2D eigenvalue weighted by molar-refractivity contribution is 7.92. The molecule has 1 saturated heterocycles. The molecule has 1 aliphatic rings. The molecule has 0 atom stereocenters. The molecule has 9 nitrogen and oxygen atoms in total. The Hall–Kier alpha value is -3.64. The molecule has 0 amide bonds. The molecule has 1 N–H and O–H groups in total. The van der Waals surface area contributed by atoms with Crippen LogP contribution in [0.15, 0.2) is 71.8 Å². The predicted molar refractivity (Wildman–Crippen MR) is 161 cm³/mol. The summed E-state index contributed by atoms with van der Waals surface area (Å²) >= 11 is 6.03. The fourth-order valence-electron chi connectivity index (χ4n) is 4.67. The third kappa shape index (κ3) is 7.04. The molecular formula is C30H32ClFN4O5S. The molecular weight excluding hydrogens is 583 g/mol.